The zero-order valence-corrected chi connectivity index (χ0v) is 35.8. The first kappa shape index (κ1) is 47.8. The zero-order valence-electron chi connectivity index (χ0n) is 35.8. The molecule has 2 aromatic rings. The highest BCUT2D eigenvalue weighted by Crippen LogP contribution is 2.24. The van der Waals surface area contributed by atoms with Gasteiger partial charge in [-0.15, -0.1) is 0 Å². The van der Waals surface area contributed by atoms with Crippen molar-refractivity contribution in [3.8, 4) is 11.5 Å². The first-order valence-electron chi connectivity index (χ1n) is 23.3. The fourth-order valence-corrected chi connectivity index (χ4v) is 7.46. The van der Waals surface area contributed by atoms with Crippen molar-refractivity contribution >= 4 is 5.97 Å². The Labute approximate surface area is 334 Å². The molecule has 308 valence electrons. The molecule has 0 saturated carbocycles. The number of hydrogen-bond acceptors (Lipinski definition) is 4. The summed E-state index contributed by atoms with van der Waals surface area (Å²) in [5.74, 6) is 1.02. The van der Waals surface area contributed by atoms with Crippen LogP contribution in [0.25, 0.3) is 0 Å². The molecule has 0 fully saturated rings. The molecule has 2 rings (SSSR count). The molecule has 0 radical (unpaired) electrons. The van der Waals surface area contributed by atoms with Crippen LogP contribution in [0.15, 0.2) is 48.5 Å². The van der Waals surface area contributed by atoms with E-state index in [2.05, 4.69) is 27.7 Å². The molecule has 0 aliphatic carbocycles. The number of benzene rings is 2. The average molecular weight is 749 g/mol. The van der Waals surface area contributed by atoms with E-state index in [1.54, 1.807) is 0 Å². The highest BCUT2D eigenvalue weighted by molar-refractivity contribution is 5.91. The van der Waals surface area contributed by atoms with Crippen LogP contribution in [0.4, 0.5) is 0 Å². The van der Waals surface area contributed by atoms with Crippen LogP contribution in [0, 0.1) is 0 Å². The Hall–Kier alpha value is -2.33. The van der Waals surface area contributed by atoms with Crippen molar-refractivity contribution in [3.05, 3.63) is 59.7 Å². The van der Waals surface area contributed by atoms with E-state index in [9.17, 15) is 4.79 Å². The SMILES string of the molecule is CCCCCCCCCCCCCCCCCCCCOC(C)c1ccc(C(=O)Oc2ccc(OC(CCC)CCCCCCCCCCC)cc2)cc1. The Balaban J connectivity index is 1.52. The molecule has 2 atom stereocenters. The van der Waals surface area contributed by atoms with Crippen molar-refractivity contribution in [2.24, 2.45) is 0 Å². The van der Waals surface area contributed by atoms with E-state index in [0.29, 0.717) is 11.3 Å². The molecule has 0 bridgehead atoms. The third kappa shape index (κ3) is 25.0. The van der Waals surface area contributed by atoms with E-state index in [1.807, 2.05) is 48.5 Å². The summed E-state index contributed by atoms with van der Waals surface area (Å²) >= 11 is 0. The molecule has 4 heteroatoms. The maximum atomic E-state index is 12.9. The number of ether oxygens (including phenoxy) is 3. The first-order valence-corrected chi connectivity index (χ1v) is 23.3. The second kappa shape index (κ2) is 34.0. The number of carbonyl (C=O) groups is 1. The summed E-state index contributed by atoms with van der Waals surface area (Å²) in [5.41, 5.74) is 1.62. The molecule has 0 heterocycles. The Bertz CT molecular complexity index is 1110. The van der Waals surface area contributed by atoms with Crippen molar-refractivity contribution in [3.63, 3.8) is 0 Å². The Morgan fingerprint density at radius 1 is 0.463 bits per heavy atom. The van der Waals surface area contributed by atoms with E-state index < -0.39 is 0 Å². The van der Waals surface area contributed by atoms with Crippen LogP contribution in [0.5, 0.6) is 11.5 Å². The van der Waals surface area contributed by atoms with E-state index >= 15 is 0 Å². The fourth-order valence-electron chi connectivity index (χ4n) is 7.46. The van der Waals surface area contributed by atoms with Crippen LogP contribution in [0.3, 0.4) is 0 Å². The van der Waals surface area contributed by atoms with Gasteiger partial charge >= 0.3 is 5.97 Å². The van der Waals surface area contributed by atoms with Gasteiger partial charge in [0.15, 0.2) is 0 Å². The Kier molecular flexibility index (Phi) is 30.1. The van der Waals surface area contributed by atoms with Gasteiger partial charge in [-0.1, -0.05) is 200 Å². The number of esters is 1. The monoisotopic (exact) mass is 749 g/mol. The molecule has 0 amide bonds. The number of hydrogen-bond donors (Lipinski definition) is 0. The molecule has 2 unspecified atom stereocenters. The lowest BCUT2D eigenvalue weighted by molar-refractivity contribution is 0.0626. The molecule has 54 heavy (non-hydrogen) atoms. The van der Waals surface area contributed by atoms with Crippen molar-refractivity contribution in [1.29, 1.82) is 0 Å². The van der Waals surface area contributed by atoms with Crippen molar-refractivity contribution < 1.29 is 19.0 Å². The van der Waals surface area contributed by atoms with Crippen LogP contribution in [0.1, 0.15) is 242 Å². The summed E-state index contributed by atoms with van der Waals surface area (Å²) in [6.07, 6.45) is 40.5. The second-order valence-electron chi connectivity index (χ2n) is 16.2. The van der Waals surface area contributed by atoms with Gasteiger partial charge < -0.3 is 14.2 Å². The van der Waals surface area contributed by atoms with E-state index in [0.717, 1.165) is 43.6 Å². The van der Waals surface area contributed by atoms with Gasteiger partial charge in [0, 0.05) is 6.61 Å². The smallest absolute Gasteiger partial charge is 0.343 e. The standard InChI is InChI=1S/C50H84O4/c1-5-8-10-12-14-16-17-18-19-20-21-22-23-24-26-28-30-32-43-52-44(4)45-35-37-46(38-36-45)50(51)54-49-41-39-48(40-42-49)53-47(33-7-3)34-31-29-27-25-15-13-11-9-6-2/h35-42,44,47H,5-34,43H2,1-4H3. The minimum atomic E-state index is -0.350. The highest BCUT2D eigenvalue weighted by Gasteiger charge is 2.13. The summed E-state index contributed by atoms with van der Waals surface area (Å²) in [6, 6.07) is 15.2. The molecule has 0 aliphatic rings. The third-order valence-corrected chi connectivity index (χ3v) is 11.1. The summed E-state index contributed by atoms with van der Waals surface area (Å²) < 4.78 is 18.2. The van der Waals surface area contributed by atoms with Gasteiger partial charge in [0.2, 0.25) is 0 Å². The van der Waals surface area contributed by atoms with Gasteiger partial charge in [-0.2, -0.15) is 0 Å². The molecule has 0 N–H and O–H groups in total. The molecule has 0 aliphatic heterocycles. The maximum Gasteiger partial charge on any atom is 0.343 e. The van der Waals surface area contributed by atoms with Crippen LogP contribution in [-0.2, 0) is 4.74 Å². The predicted molar refractivity (Wildman–Crippen MR) is 232 cm³/mol. The summed E-state index contributed by atoms with van der Waals surface area (Å²) in [7, 11) is 0. The predicted octanol–water partition coefficient (Wildman–Crippen LogP) is 16.5. The molecule has 2 aromatic carbocycles. The lowest BCUT2D eigenvalue weighted by atomic mass is 10.0. The van der Waals surface area contributed by atoms with Gasteiger partial charge in [-0.3, -0.25) is 0 Å². The van der Waals surface area contributed by atoms with Gasteiger partial charge in [0.05, 0.1) is 17.8 Å². The minimum absolute atomic E-state index is 0.00487. The Morgan fingerprint density at radius 3 is 1.31 bits per heavy atom. The largest absolute Gasteiger partial charge is 0.490 e. The van der Waals surface area contributed by atoms with Gasteiger partial charge in [-0.25, -0.2) is 4.79 Å². The van der Waals surface area contributed by atoms with Crippen LogP contribution < -0.4 is 9.47 Å². The maximum absolute atomic E-state index is 12.9. The van der Waals surface area contributed by atoms with E-state index in [-0.39, 0.29) is 18.2 Å². The van der Waals surface area contributed by atoms with Crippen molar-refractivity contribution in [2.75, 3.05) is 6.61 Å². The average Bonchev–Trinajstić information content (AvgIpc) is 3.18. The lowest BCUT2D eigenvalue weighted by Crippen LogP contribution is -2.16. The third-order valence-electron chi connectivity index (χ3n) is 11.1. The number of carbonyl (C=O) groups excluding carboxylic acids is 1. The molecule has 0 spiro atoms. The van der Waals surface area contributed by atoms with Gasteiger partial charge in [0.25, 0.3) is 0 Å². The summed E-state index contributed by atoms with van der Waals surface area (Å²) in [4.78, 5) is 12.9. The van der Waals surface area contributed by atoms with Crippen LogP contribution >= 0.6 is 0 Å². The van der Waals surface area contributed by atoms with Gasteiger partial charge in [0.1, 0.15) is 11.5 Å². The molecule has 0 saturated heterocycles. The first-order chi connectivity index (χ1) is 26.6. The molecule has 4 nitrogen and oxygen atoms in total. The highest BCUT2D eigenvalue weighted by atomic mass is 16.5. The van der Waals surface area contributed by atoms with Crippen LogP contribution in [0.2, 0.25) is 0 Å². The molecule has 0 aromatic heterocycles. The summed E-state index contributed by atoms with van der Waals surface area (Å²) in [5, 5.41) is 0. The topological polar surface area (TPSA) is 44.8 Å². The van der Waals surface area contributed by atoms with Crippen LogP contribution in [-0.4, -0.2) is 18.7 Å². The van der Waals surface area contributed by atoms with Crippen molar-refractivity contribution in [2.45, 2.75) is 233 Å². The normalized spacial score (nSPS) is 12.5. The summed E-state index contributed by atoms with van der Waals surface area (Å²) in [6.45, 7) is 9.66. The molecular formula is C50H84O4. The quantitative estimate of drug-likeness (QED) is 0.0392. The van der Waals surface area contributed by atoms with E-state index in [4.69, 9.17) is 14.2 Å². The second-order valence-corrected chi connectivity index (χ2v) is 16.2. The molecular weight excluding hydrogens is 665 g/mol. The number of rotatable bonds is 37. The van der Waals surface area contributed by atoms with Gasteiger partial charge in [-0.05, 0) is 74.6 Å². The number of unbranched alkanes of at least 4 members (excludes halogenated alkanes) is 25. The minimum Gasteiger partial charge on any atom is -0.490 e. The van der Waals surface area contributed by atoms with E-state index in [1.165, 1.54) is 167 Å². The zero-order chi connectivity index (χ0) is 38.7. The van der Waals surface area contributed by atoms with Crippen molar-refractivity contribution in [1.82, 2.24) is 0 Å². The fraction of sp³-hybridized carbons (Fsp3) is 0.740. The lowest BCUT2D eigenvalue weighted by Gasteiger charge is -2.19. The Morgan fingerprint density at radius 2 is 0.870 bits per heavy atom.